The van der Waals surface area contributed by atoms with Crippen molar-refractivity contribution in [2.45, 2.75) is 0 Å². The molecular formula is C42H33O12P3. The summed E-state index contributed by atoms with van der Waals surface area (Å²) in [5.41, 5.74) is 0. The predicted octanol–water partition coefficient (Wildman–Crippen LogP) is 12.6. The molecule has 15 heteroatoms. The van der Waals surface area contributed by atoms with Crippen LogP contribution in [0.3, 0.4) is 0 Å². The summed E-state index contributed by atoms with van der Waals surface area (Å²) >= 11 is 0. The fraction of sp³-hybridized carbons (Fsp3) is 0. The normalized spacial score (nSPS) is 11.4. The first-order valence-electron chi connectivity index (χ1n) is 17.2. The molecule has 288 valence electrons. The minimum atomic E-state index is -4.62. The molecule has 7 aromatic carbocycles. The van der Waals surface area contributed by atoms with Gasteiger partial charge in [0.25, 0.3) is 0 Å². The van der Waals surface area contributed by atoms with Crippen molar-refractivity contribution in [3.8, 4) is 51.7 Å². The number of hydrogen-bond donors (Lipinski definition) is 0. The highest BCUT2D eigenvalue weighted by atomic mass is 31.2. The minimum absolute atomic E-state index is 0.0167. The van der Waals surface area contributed by atoms with E-state index in [2.05, 4.69) is 0 Å². The van der Waals surface area contributed by atoms with Crippen LogP contribution in [-0.2, 0) is 13.7 Å². The molecule has 7 aromatic rings. The van der Waals surface area contributed by atoms with Crippen molar-refractivity contribution in [3.05, 3.63) is 200 Å². The van der Waals surface area contributed by atoms with Crippen LogP contribution in [0.5, 0.6) is 51.7 Å². The lowest BCUT2D eigenvalue weighted by molar-refractivity contribution is 0.294. The summed E-state index contributed by atoms with van der Waals surface area (Å²) in [4.78, 5) is 0. The first-order chi connectivity index (χ1) is 27.7. The third-order valence-corrected chi connectivity index (χ3v) is 11.2. The minimum Gasteiger partial charge on any atom is -0.386 e. The molecule has 0 bridgehead atoms. The molecule has 0 N–H and O–H groups in total. The summed E-state index contributed by atoms with van der Waals surface area (Å²) in [7, 11) is -13.4. The maximum Gasteiger partial charge on any atom is 0.647 e. The molecule has 12 nitrogen and oxygen atoms in total. The van der Waals surface area contributed by atoms with Crippen molar-refractivity contribution in [3.63, 3.8) is 0 Å². The van der Waals surface area contributed by atoms with E-state index in [1.54, 1.807) is 152 Å². The third kappa shape index (κ3) is 11.5. The van der Waals surface area contributed by atoms with Gasteiger partial charge in [0, 0.05) is 12.1 Å². The molecule has 0 spiro atoms. The molecule has 0 heterocycles. The number of phosphoric ester groups is 3. The van der Waals surface area contributed by atoms with Gasteiger partial charge in [-0.15, -0.1) is 0 Å². The maximum absolute atomic E-state index is 14.5. The van der Waals surface area contributed by atoms with Crippen molar-refractivity contribution >= 4 is 23.5 Å². The van der Waals surface area contributed by atoms with Gasteiger partial charge in [-0.3, -0.25) is 0 Å². The first-order valence-corrected chi connectivity index (χ1v) is 21.6. The first kappa shape index (κ1) is 38.7. The summed E-state index contributed by atoms with van der Waals surface area (Å²) in [6, 6.07) is 53.4. The molecule has 0 unspecified atom stereocenters. The van der Waals surface area contributed by atoms with Gasteiger partial charge < -0.3 is 40.7 Å². The van der Waals surface area contributed by atoms with Gasteiger partial charge in [0.15, 0.2) is 0 Å². The fourth-order valence-electron chi connectivity index (χ4n) is 4.91. The zero-order chi connectivity index (χ0) is 39.4. The average molecular weight is 823 g/mol. The van der Waals surface area contributed by atoms with Gasteiger partial charge in [0.2, 0.25) is 0 Å². The summed E-state index contributed by atoms with van der Waals surface area (Å²) in [5.74, 6) is 0.963. The van der Waals surface area contributed by atoms with Crippen molar-refractivity contribution in [2.75, 3.05) is 0 Å². The van der Waals surface area contributed by atoms with Crippen molar-refractivity contribution in [1.29, 1.82) is 0 Å². The van der Waals surface area contributed by atoms with Gasteiger partial charge in [0.05, 0.1) is 0 Å². The monoisotopic (exact) mass is 822 g/mol. The van der Waals surface area contributed by atoms with Crippen LogP contribution in [0.4, 0.5) is 0 Å². The average Bonchev–Trinajstić information content (AvgIpc) is 3.19. The zero-order valence-corrected chi connectivity index (χ0v) is 32.5. The number of benzene rings is 7. The Hall–Kier alpha value is -6.57. The van der Waals surface area contributed by atoms with E-state index in [1.807, 2.05) is 0 Å². The molecule has 0 aliphatic carbocycles. The van der Waals surface area contributed by atoms with E-state index in [1.165, 1.54) is 48.5 Å². The Kier molecular flexibility index (Phi) is 12.2. The number of rotatable bonds is 18. The number of hydrogen-bond acceptors (Lipinski definition) is 12. The molecule has 0 aromatic heterocycles. The summed E-state index contributed by atoms with van der Waals surface area (Å²) in [6.07, 6.45) is 0. The second kappa shape index (κ2) is 17.9. The van der Waals surface area contributed by atoms with Crippen LogP contribution in [0, 0.1) is 0 Å². The second-order valence-corrected chi connectivity index (χ2v) is 16.0. The van der Waals surface area contributed by atoms with E-state index in [0.29, 0.717) is 0 Å². The van der Waals surface area contributed by atoms with Crippen molar-refractivity contribution in [2.24, 2.45) is 0 Å². The van der Waals surface area contributed by atoms with Crippen molar-refractivity contribution in [1.82, 2.24) is 0 Å². The van der Waals surface area contributed by atoms with E-state index >= 15 is 0 Å². The van der Waals surface area contributed by atoms with Gasteiger partial charge in [-0.05, 0) is 84.9 Å². The summed E-state index contributed by atoms with van der Waals surface area (Å²) in [5, 5.41) is 0. The van der Waals surface area contributed by atoms with Crippen LogP contribution in [-0.4, -0.2) is 0 Å². The Morgan fingerprint density at radius 1 is 0.211 bits per heavy atom. The topological polar surface area (TPSA) is 134 Å². The van der Waals surface area contributed by atoms with Gasteiger partial charge in [-0.1, -0.05) is 103 Å². The standard InChI is InChI=1S/C42H33O12P3/c43-55(46-34-18-6-1-7-19-34,47-35-20-8-2-9-21-35)51-39-28-16-30-41(32-39)53-57(45,50-38-26-14-5-15-27-38)54-42-31-17-29-40(33-42)52-56(44,48-36-22-10-3-11-23-36)49-37-24-12-4-13-25-37/h1-33H. The van der Waals surface area contributed by atoms with Crippen LogP contribution in [0.2, 0.25) is 0 Å². The SMILES string of the molecule is O=P(Oc1ccccc1)(Oc1ccccc1)Oc1cccc(OP(=O)(Oc2ccccc2)Oc2cccc(OP(=O)(Oc3ccccc3)Oc3ccccc3)c2)c1. The van der Waals surface area contributed by atoms with Gasteiger partial charge >= 0.3 is 23.5 Å². The van der Waals surface area contributed by atoms with E-state index in [4.69, 9.17) is 40.7 Å². The fourth-order valence-corrected chi connectivity index (χ4v) is 8.63. The lowest BCUT2D eigenvalue weighted by Gasteiger charge is -2.22. The molecule has 0 fully saturated rings. The second-order valence-electron chi connectivity index (χ2n) is 11.7. The highest BCUT2D eigenvalue weighted by molar-refractivity contribution is 7.50. The van der Waals surface area contributed by atoms with Crippen LogP contribution in [0.1, 0.15) is 0 Å². The van der Waals surface area contributed by atoms with Gasteiger partial charge in [0.1, 0.15) is 51.7 Å². The quantitative estimate of drug-likeness (QED) is 0.0762. The molecule has 0 aliphatic rings. The van der Waals surface area contributed by atoms with Crippen molar-refractivity contribution < 1.29 is 54.4 Å². The Morgan fingerprint density at radius 3 is 0.561 bits per heavy atom. The Balaban J connectivity index is 1.14. The summed E-state index contributed by atoms with van der Waals surface area (Å²) < 4.78 is 95.0. The molecule has 57 heavy (non-hydrogen) atoms. The Labute approximate surface area is 328 Å². The largest absolute Gasteiger partial charge is 0.647 e. The van der Waals surface area contributed by atoms with E-state index in [9.17, 15) is 13.7 Å². The van der Waals surface area contributed by atoms with Gasteiger partial charge in [-0.25, -0.2) is 0 Å². The molecular weight excluding hydrogens is 789 g/mol. The predicted molar refractivity (Wildman–Crippen MR) is 214 cm³/mol. The molecule has 7 rings (SSSR count). The Morgan fingerprint density at radius 2 is 0.368 bits per heavy atom. The number of phosphoric acid groups is 3. The third-order valence-electron chi connectivity index (χ3n) is 7.28. The summed E-state index contributed by atoms with van der Waals surface area (Å²) in [6.45, 7) is 0. The van der Waals surface area contributed by atoms with Crippen LogP contribution < -0.4 is 40.7 Å². The molecule has 0 saturated heterocycles. The maximum atomic E-state index is 14.5. The smallest absolute Gasteiger partial charge is 0.386 e. The molecule has 0 radical (unpaired) electrons. The molecule has 0 aliphatic heterocycles. The molecule has 0 atom stereocenters. The van der Waals surface area contributed by atoms with Crippen LogP contribution in [0.25, 0.3) is 0 Å². The zero-order valence-electron chi connectivity index (χ0n) is 29.8. The highest BCUT2D eigenvalue weighted by Gasteiger charge is 2.37. The highest BCUT2D eigenvalue weighted by Crippen LogP contribution is 2.54. The van der Waals surface area contributed by atoms with E-state index < -0.39 is 23.5 Å². The lowest BCUT2D eigenvalue weighted by atomic mass is 10.3. The van der Waals surface area contributed by atoms with Crippen LogP contribution in [0.15, 0.2) is 200 Å². The number of para-hydroxylation sites is 5. The van der Waals surface area contributed by atoms with E-state index in [0.717, 1.165) is 0 Å². The van der Waals surface area contributed by atoms with Crippen LogP contribution >= 0.6 is 23.5 Å². The molecule has 0 amide bonds. The van der Waals surface area contributed by atoms with E-state index in [-0.39, 0.29) is 51.7 Å². The lowest BCUT2D eigenvalue weighted by Crippen LogP contribution is -2.09. The molecule has 0 saturated carbocycles. The van der Waals surface area contributed by atoms with Gasteiger partial charge in [-0.2, -0.15) is 13.7 Å². The Bertz CT molecular complexity index is 2250.